The van der Waals surface area contributed by atoms with Gasteiger partial charge in [0.25, 0.3) is 0 Å². The molecule has 0 unspecified atom stereocenters. The molecule has 0 spiro atoms. The minimum Gasteiger partial charge on any atom is -0.478 e. The molecule has 0 aliphatic heterocycles. The monoisotopic (exact) mass is 400 g/mol. The number of aliphatic hydroxyl groups excluding tert-OH is 2. The minimum atomic E-state index is -1.13. The van der Waals surface area contributed by atoms with Gasteiger partial charge in [0.05, 0.1) is 29.9 Å². The SMILES string of the molecule is O=C(O)c1cccc(C(=O)O)c1.O=C(O)c1cccc2ccccc12.OCCO. The fraction of sp³-hybridized carbons (Fsp3) is 0.0952. The summed E-state index contributed by atoms with van der Waals surface area (Å²) >= 11 is 0. The molecular weight excluding hydrogens is 380 g/mol. The van der Waals surface area contributed by atoms with E-state index in [9.17, 15) is 14.4 Å². The number of aliphatic hydroxyl groups is 2. The van der Waals surface area contributed by atoms with E-state index >= 15 is 0 Å². The minimum absolute atomic E-state index is 0.0186. The molecule has 0 heterocycles. The fourth-order valence-electron chi connectivity index (χ4n) is 2.20. The standard InChI is InChI=1S/C11H8O2.C8H6O4.C2H6O2/c12-11(13)10-7-3-5-8-4-1-2-6-9(8)10;9-7(10)5-2-1-3-6(4-5)8(11)12;3-1-2-4/h1-7H,(H,12,13);1-4H,(H,9,10)(H,11,12);3-4H,1-2H2. The summed E-state index contributed by atoms with van der Waals surface area (Å²) in [6, 6.07) is 17.9. The summed E-state index contributed by atoms with van der Waals surface area (Å²) in [6.07, 6.45) is 0. The Hall–Kier alpha value is -3.75. The van der Waals surface area contributed by atoms with E-state index in [4.69, 9.17) is 25.5 Å². The first-order chi connectivity index (χ1) is 13.8. The van der Waals surface area contributed by atoms with Crippen LogP contribution in [-0.4, -0.2) is 56.7 Å². The largest absolute Gasteiger partial charge is 0.478 e. The van der Waals surface area contributed by atoms with Crippen molar-refractivity contribution in [3.8, 4) is 0 Å². The molecule has 0 atom stereocenters. The fourth-order valence-corrected chi connectivity index (χ4v) is 2.20. The van der Waals surface area contributed by atoms with Gasteiger partial charge in [-0.3, -0.25) is 0 Å². The van der Waals surface area contributed by atoms with Gasteiger partial charge < -0.3 is 25.5 Å². The summed E-state index contributed by atoms with van der Waals surface area (Å²) in [5.74, 6) is -3.13. The Balaban J connectivity index is 0.000000247. The first-order valence-corrected chi connectivity index (χ1v) is 8.31. The van der Waals surface area contributed by atoms with Gasteiger partial charge in [-0.1, -0.05) is 42.5 Å². The van der Waals surface area contributed by atoms with E-state index < -0.39 is 17.9 Å². The summed E-state index contributed by atoms with van der Waals surface area (Å²) < 4.78 is 0. The Morgan fingerprint density at radius 2 is 1.10 bits per heavy atom. The van der Waals surface area contributed by atoms with Gasteiger partial charge in [-0.25, -0.2) is 14.4 Å². The highest BCUT2D eigenvalue weighted by Gasteiger charge is 2.07. The molecular formula is C21H20O8. The van der Waals surface area contributed by atoms with E-state index in [0.717, 1.165) is 16.8 Å². The van der Waals surface area contributed by atoms with Crippen LogP contribution in [0.3, 0.4) is 0 Å². The first-order valence-electron chi connectivity index (χ1n) is 8.31. The normalized spacial score (nSPS) is 9.45. The summed E-state index contributed by atoms with van der Waals surface area (Å²) in [6.45, 7) is -0.250. The summed E-state index contributed by atoms with van der Waals surface area (Å²) in [5.41, 5.74) is 0.322. The van der Waals surface area contributed by atoms with Crippen molar-refractivity contribution in [1.82, 2.24) is 0 Å². The maximum absolute atomic E-state index is 10.8. The predicted molar refractivity (Wildman–Crippen MR) is 105 cm³/mol. The number of rotatable bonds is 4. The van der Waals surface area contributed by atoms with Gasteiger partial charge in [0.15, 0.2) is 0 Å². The maximum atomic E-state index is 10.8. The third-order valence-electron chi connectivity index (χ3n) is 3.48. The number of hydrogen-bond acceptors (Lipinski definition) is 5. The Morgan fingerprint density at radius 1 is 0.621 bits per heavy atom. The average Bonchev–Trinajstić information content (AvgIpc) is 2.74. The molecule has 0 saturated carbocycles. The van der Waals surface area contributed by atoms with Crippen LogP contribution in [0.1, 0.15) is 31.1 Å². The molecule has 0 aliphatic carbocycles. The van der Waals surface area contributed by atoms with E-state index in [1.807, 2.05) is 30.3 Å². The zero-order valence-electron chi connectivity index (χ0n) is 15.2. The topological polar surface area (TPSA) is 152 Å². The lowest BCUT2D eigenvalue weighted by molar-refractivity contribution is 0.0683. The smallest absolute Gasteiger partial charge is 0.336 e. The Kier molecular flexibility index (Phi) is 9.52. The van der Waals surface area contributed by atoms with E-state index in [-0.39, 0.29) is 24.3 Å². The van der Waals surface area contributed by atoms with Gasteiger partial charge in [-0.05, 0) is 35.0 Å². The highest BCUT2D eigenvalue weighted by atomic mass is 16.4. The molecule has 0 amide bonds. The van der Waals surface area contributed by atoms with Crippen molar-refractivity contribution < 1.29 is 39.9 Å². The number of carboxylic acids is 3. The molecule has 3 rings (SSSR count). The molecule has 29 heavy (non-hydrogen) atoms. The molecule has 0 radical (unpaired) electrons. The molecule has 8 heteroatoms. The van der Waals surface area contributed by atoms with Gasteiger partial charge in [0.1, 0.15) is 0 Å². The molecule has 3 aromatic carbocycles. The number of aromatic carboxylic acids is 3. The van der Waals surface area contributed by atoms with E-state index in [1.54, 1.807) is 12.1 Å². The first kappa shape index (κ1) is 23.3. The molecule has 0 saturated heterocycles. The molecule has 0 aliphatic rings. The molecule has 3 aromatic rings. The number of fused-ring (bicyclic) bond motifs is 1. The van der Waals surface area contributed by atoms with Crippen molar-refractivity contribution in [3.05, 3.63) is 83.4 Å². The summed E-state index contributed by atoms with van der Waals surface area (Å²) in [4.78, 5) is 31.6. The third-order valence-corrected chi connectivity index (χ3v) is 3.48. The summed E-state index contributed by atoms with van der Waals surface area (Å²) in [7, 11) is 0. The van der Waals surface area contributed by atoms with Crippen LogP contribution < -0.4 is 0 Å². The molecule has 8 nitrogen and oxygen atoms in total. The number of benzene rings is 3. The van der Waals surface area contributed by atoms with Gasteiger partial charge in [0, 0.05) is 0 Å². The zero-order chi connectivity index (χ0) is 21.8. The molecule has 0 bridgehead atoms. The highest BCUT2D eigenvalue weighted by molar-refractivity contribution is 6.03. The van der Waals surface area contributed by atoms with Gasteiger partial charge in [0.2, 0.25) is 0 Å². The molecule has 0 fully saturated rings. The zero-order valence-corrected chi connectivity index (χ0v) is 15.2. The number of hydrogen-bond donors (Lipinski definition) is 5. The second-order valence-electron chi connectivity index (χ2n) is 5.47. The lowest BCUT2D eigenvalue weighted by Crippen LogP contribution is -2.01. The van der Waals surface area contributed by atoms with Crippen LogP contribution >= 0.6 is 0 Å². The van der Waals surface area contributed by atoms with Gasteiger partial charge in [-0.2, -0.15) is 0 Å². The van der Waals surface area contributed by atoms with E-state index in [2.05, 4.69) is 0 Å². The lowest BCUT2D eigenvalue weighted by Gasteiger charge is -2.00. The van der Waals surface area contributed by atoms with Crippen LogP contribution in [0, 0.1) is 0 Å². The van der Waals surface area contributed by atoms with Crippen LogP contribution in [0.25, 0.3) is 10.8 Å². The lowest BCUT2D eigenvalue weighted by atomic mass is 10.1. The molecule has 0 aromatic heterocycles. The van der Waals surface area contributed by atoms with E-state index in [0.29, 0.717) is 5.56 Å². The highest BCUT2D eigenvalue weighted by Crippen LogP contribution is 2.17. The Bertz CT molecular complexity index is 945. The quantitative estimate of drug-likeness (QED) is 0.448. The summed E-state index contributed by atoms with van der Waals surface area (Å²) in [5, 5.41) is 42.9. The average molecular weight is 400 g/mol. The number of carboxylic acid groups (broad SMARTS) is 3. The van der Waals surface area contributed by atoms with Crippen LogP contribution in [0.4, 0.5) is 0 Å². The van der Waals surface area contributed by atoms with Gasteiger partial charge >= 0.3 is 17.9 Å². The molecule has 152 valence electrons. The third kappa shape index (κ3) is 7.41. The van der Waals surface area contributed by atoms with Crippen LogP contribution in [0.15, 0.2) is 66.7 Å². The molecule has 5 N–H and O–H groups in total. The van der Waals surface area contributed by atoms with Crippen molar-refractivity contribution in [3.63, 3.8) is 0 Å². The van der Waals surface area contributed by atoms with Crippen molar-refractivity contribution in [2.75, 3.05) is 13.2 Å². The van der Waals surface area contributed by atoms with Crippen molar-refractivity contribution in [2.24, 2.45) is 0 Å². The van der Waals surface area contributed by atoms with Crippen molar-refractivity contribution >= 4 is 28.7 Å². The number of carbonyl (C=O) groups is 3. The van der Waals surface area contributed by atoms with Crippen molar-refractivity contribution in [2.45, 2.75) is 0 Å². The van der Waals surface area contributed by atoms with Gasteiger partial charge in [-0.15, -0.1) is 0 Å². The second-order valence-corrected chi connectivity index (χ2v) is 5.47. The maximum Gasteiger partial charge on any atom is 0.336 e. The van der Waals surface area contributed by atoms with E-state index in [1.165, 1.54) is 18.2 Å². The second kappa shape index (κ2) is 11.9. The Morgan fingerprint density at radius 3 is 1.59 bits per heavy atom. The van der Waals surface area contributed by atoms with Crippen LogP contribution in [0.2, 0.25) is 0 Å². The van der Waals surface area contributed by atoms with Crippen molar-refractivity contribution in [1.29, 1.82) is 0 Å². The predicted octanol–water partition coefficient (Wildman–Crippen LogP) is 2.59. The van der Waals surface area contributed by atoms with Crippen LogP contribution in [-0.2, 0) is 0 Å². The Labute approximate surface area is 165 Å². The van der Waals surface area contributed by atoms with Crippen LogP contribution in [0.5, 0.6) is 0 Å².